The first-order valence-electron chi connectivity index (χ1n) is 8.37. The largest absolute Gasteiger partial charge is 0.369 e. The van der Waals surface area contributed by atoms with E-state index in [4.69, 9.17) is 0 Å². The molecule has 3 rings (SSSR count). The second-order valence-corrected chi connectivity index (χ2v) is 6.72. The van der Waals surface area contributed by atoms with Crippen LogP contribution in [0.1, 0.15) is 32.6 Å². The standard InChI is InChI=1S/C17H25N3O2/c1-14-3-2-4-17(13-14)19-11-9-18(10-12-19)15-5-7-16(8-6-15)20(21)22/h5-8,14,17H,2-4,9-13H2,1H3/t14-,17+/m0/s1. The third kappa shape index (κ3) is 3.40. The Morgan fingerprint density at radius 3 is 2.36 bits per heavy atom. The summed E-state index contributed by atoms with van der Waals surface area (Å²) in [6.45, 7) is 6.62. The molecule has 1 saturated carbocycles. The van der Waals surface area contributed by atoms with Crippen LogP contribution < -0.4 is 4.90 Å². The maximum Gasteiger partial charge on any atom is 0.269 e. The summed E-state index contributed by atoms with van der Waals surface area (Å²) in [4.78, 5) is 15.4. The van der Waals surface area contributed by atoms with E-state index in [-0.39, 0.29) is 10.6 Å². The number of anilines is 1. The molecular formula is C17H25N3O2. The number of non-ortho nitro benzene ring substituents is 1. The fraction of sp³-hybridized carbons (Fsp3) is 0.647. The summed E-state index contributed by atoms with van der Waals surface area (Å²) in [7, 11) is 0. The number of hydrogen-bond acceptors (Lipinski definition) is 4. The van der Waals surface area contributed by atoms with Crippen molar-refractivity contribution in [1.82, 2.24) is 4.90 Å². The summed E-state index contributed by atoms with van der Waals surface area (Å²) >= 11 is 0. The summed E-state index contributed by atoms with van der Waals surface area (Å²) in [6, 6.07) is 7.71. The van der Waals surface area contributed by atoms with E-state index in [1.54, 1.807) is 12.1 Å². The van der Waals surface area contributed by atoms with E-state index < -0.39 is 0 Å². The third-order valence-corrected chi connectivity index (χ3v) is 5.17. The minimum absolute atomic E-state index is 0.165. The Kier molecular flexibility index (Phi) is 4.62. The van der Waals surface area contributed by atoms with Crippen LogP contribution in [0.25, 0.3) is 0 Å². The molecule has 0 aromatic heterocycles. The van der Waals surface area contributed by atoms with Gasteiger partial charge in [0.15, 0.2) is 0 Å². The number of rotatable bonds is 3. The minimum Gasteiger partial charge on any atom is -0.369 e. The van der Waals surface area contributed by atoms with Crippen molar-refractivity contribution < 1.29 is 4.92 Å². The zero-order chi connectivity index (χ0) is 15.5. The molecule has 1 aromatic carbocycles. The van der Waals surface area contributed by atoms with Gasteiger partial charge in [-0.05, 0) is 30.9 Å². The van der Waals surface area contributed by atoms with E-state index in [9.17, 15) is 10.1 Å². The van der Waals surface area contributed by atoms with Gasteiger partial charge in [0.1, 0.15) is 0 Å². The second-order valence-electron chi connectivity index (χ2n) is 6.72. The monoisotopic (exact) mass is 303 g/mol. The zero-order valence-electron chi connectivity index (χ0n) is 13.3. The van der Waals surface area contributed by atoms with Crippen molar-refractivity contribution in [2.75, 3.05) is 31.1 Å². The summed E-state index contributed by atoms with van der Waals surface area (Å²) in [5.74, 6) is 0.867. The highest BCUT2D eigenvalue weighted by atomic mass is 16.6. The fourth-order valence-electron chi connectivity index (χ4n) is 3.86. The highest BCUT2D eigenvalue weighted by Gasteiger charge is 2.27. The van der Waals surface area contributed by atoms with Crippen LogP contribution in [-0.4, -0.2) is 42.0 Å². The summed E-state index contributed by atoms with van der Waals surface area (Å²) in [6.07, 6.45) is 5.45. The number of nitrogens with zero attached hydrogens (tertiary/aromatic N) is 3. The molecule has 0 spiro atoms. The van der Waals surface area contributed by atoms with E-state index in [0.29, 0.717) is 0 Å². The predicted octanol–water partition coefficient (Wildman–Crippen LogP) is 3.30. The second kappa shape index (κ2) is 6.65. The lowest BCUT2D eigenvalue weighted by molar-refractivity contribution is -0.384. The zero-order valence-corrected chi connectivity index (χ0v) is 13.3. The molecule has 120 valence electrons. The first-order valence-corrected chi connectivity index (χ1v) is 8.37. The van der Waals surface area contributed by atoms with Gasteiger partial charge in [-0.3, -0.25) is 15.0 Å². The van der Waals surface area contributed by atoms with E-state index in [0.717, 1.165) is 43.8 Å². The SMILES string of the molecule is C[C@H]1CCC[C@@H](N2CCN(c3ccc([N+](=O)[O-])cc3)CC2)C1. The Morgan fingerprint density at radius 2 is 1.77 bits per heavy atom. The number of hydrogen-bond donors (Lipinski definition) is 0. The van der Waals surface area contributed by atoms with Crippen LogP contribution in [0.3, 0.4) is 0 Å². The van der Waals surface area contributed by atoms with E-state index in [1.807, 2.05) is 12.1 Å². The molecule has 22 heavy (non-hydrogen) atoms. The molecule has 0 amide bonds. The van der Waals surface area contributed by atoms with Gasteiger partial charge in [-0.2, -0.15) is 0 Å². The van der Waals surface area contributed by atoms with Gasteiger partial charge in [0.25, 0.3) is 5.69 Å². The molecule has 5 nitrogen and oxygen atoms in total. The average molecular weight is 303 g/mol. The quantitative estimate of drug-likeness (QED) is 0.635. The lowest BCUT2D eigenvalue weighted by atomic mass is 9.86. The third-order valence-electron chi connectivity index (χ3n) is 5.17. The van der Waals surface area contributed by atoms with Crippen LogP contribution in [0.5, 0.6) is 0 Å². The van der Waals surface area contributed by atoms with Crippen LogP contribution in [0.2, 0.25) is 0 Å². The van der Waals surface area contributed by atoms with E-state index >= 15 is 0 Å². The van der Waals surface area contributed by atoms with Gasteiger partial charge in [-0.25, -0.2) is 0 Å². The molecular weight excluding hydrogens is 278 g/mol. The Balaban J connectivity index is 1.56. The maximum absolute atomic E-state index is 10.7. The Labute approximate surface area is 132 Å². The molecule has 1 saturated heterocycles. The number of piperazine rings is 1. The van der Waals surface area contributed by atoms with Crippen LogP contribution in [-0.2, 0) is 0 Å². The highest BCUT2D eigenvalue weighted by molar-refractivity contribution is 5.51. The molecule has 1 aromatic rings. The lowest BCUT2D eigenvalue weighted by Gasteiger charge is -2.42. The molecule has 0 unspecified atom stereocenters. The van der Waals surface area contributed by atoms with Crippen molar-refractivity contribution >= 4 is 11.4 Å². The van der Waals surface area contributed by atoms with E-state index in [2.05, 4.69) is 16.7 Å². The predicted molar refractivity (Wildman–Crippen MR) is 88.3 cm³/mol. The molecule has 0 N–H and O–H groups in total. The van der Waals surface area contributed by atoms with Gasteiger partial charge in [0, 0.05) is 50.0 Å². The minimum atomic E-state index is -0.341. The summed E-state index contributed by atoms with van der Waals surface area (Å²) < 4.78 is 0. The molecule has 0 radical (unpaired) electrons. The van der Waals surface area contributed by atoms with Gasteiger partial charge in [-0.15, -0.1) is 0 Å². The summed E-state index contributed by atoms with van der Waals surface area (Å²) in [5.41, 5.74) is 1.26. The maximum atomic E-state index is 10.7. The molecule has 5 heteroatoms. The lowest BCUT2D eigenvalue weighted by Crippen LogP contribution is -2.51. The highest BCUT2D eigenvalue weighted by Crippen LogP contribution is 2.28. The summed E-state index contributed by atoms with van der Waals surface area (Å²) in [5, 5.41) is 10.7. The van der Waals surface area contributed by atoms with Gasteiger partial charge >= 0.3 is 0 Å². The number of benzene rings is 1. The van der Waals surface area contributed by atoms with E-state index in [1.165, 1.54) is 25.7 Å². The van der Waals surface area contributed by atoms with Crippen molar-refractivity contribution in [3.05, 3.63) is 34.4 Å². The Hall–Kier alpha value is -1.62. The van der Waals surface area contributed by atoms with Crippen molar-refractivity contribution in [1.29, 1.82) is 0 Å². The normalized spacial score (nSPS) is 26.9. The molecule has 2 fully saturated rings. The van der Waals surface area contributed by atoms with Gasteiger partial charge in [0.05, 0.1) is 4.92 Å². The first kappa shape index (κ1) is 15.3. The van der Waals surface area contributed by atoms with Crippen molar-refractivity contribution in [3.8, 4) is 0 Å². The topological polar surface area (TPSA) is 49.6 Å². The molecule has 1 heterocycles. The van der Waals surface area contributed by atoms with Crippen LogP contribution >= 0.6 is 0 Å². The molecule has 0 bridgehead atoms. The average Bonchev–Trinajstić information content (AvgIpc) is 2.55. The van der Waals surface area contributed by atoms with Crippen LogP contribution in [0.4, 0.5) is 11.4 Å². The van der Waals surface area contributed by atoms with Gasteiger partial charge < -0.3 is 4.90 Å². The fourth-order valence-corrected chi connectivity index (χ4v) is 3.86. The molecule has 1 aliphatic carbocycles. The van der Waals surface area contributed by atoms with Crippen molar-refractivity contribution in [2.24, 2.45) is 5.92 Å². The van der Waals surface area contributed by atoms with Crippen LogP contribution in [0, 0.1) is 16.0 Å². The molecule has 2 atom stereocenters. The Morgan fingerprint density at radius 1 is 1.09 bits per heavy atom. The van der Waals surface area contributed by atoms with Gasteiger partial charge in [-0.1, -0.05) is 19.8 Å². The molecule has 1 aliphatic heterocycles. The molecule has 2 aliphatic rings. The van der Waals surface area contributed by atoms with Gasteiger partial charge in [0.2, 0.25) is 0 Å². The number of nitro benzene ring substituents is 1. The Bertz CT molecular complexity index is 509. The van der Waals surface area contributed by atoms with Crippen LogP contribution in [0.15, 0.2) is 24.3 Å². The smallest absolute Gasteiger partial charge is 0.269 e. The first-order chi connectivity index (χ1) is 10.6. The van der Waals surface area contributed by atoms with Crippen molar-refractivity contribution in [2.45, 2.75) is 38.6 Å². The van der Waals surface area contributed by atoms with Crippen molar-refractivity contribution in [3.63, 3.8) is 0 Å². The number of nitro groups is 1.